The highest BCUT2D eigenvalue weighted by Gasteiger charge is 2.39. The molecular formula is C23H21NO3. The van der Waals surface area contributed by atoms with Crippen molar-refractivity contribution in [3.05, 3.63) is 95.6 Å². The molecule has 0 heterocycles. The van der Waals surface area contributed by atoms with Gasteiger partial charge in [-0.25, -0.2) is 9.79 Å². The van der Waals surface area contributed by atoms with Gasteiger partial charge in [0.2, 0.25) is 6.08 Å². The van der Waals surface area contributed by atoms with Crippen LogP contribution in [0.25, 0.3) is 0 Å². The lowest BCUT2D eigenvalue weighted by molar-refractivity contribution is 0.391. The van der Waals surface area contributed by atoms with Gasteiger partial charge in [-0.3, -0.25) is 0 Å². The van der Waals surface area contributed by atoms with E-state index in [2.05, 4.69) is 4.99 Å². The van der Waals surface area contributed by atoms with Gasteiger partial charge in [0.1, 0.15) is 11.5 Å². The van der Waals surface area contributed by atoms with E-state index in [0.717, 1.165) is 16.7 Å². The zero-order chi connectivity index (χ0) is 19.1. The van der Waals surface area contributed by atoms with Crippen molar-refractivity contribution in [2.75, 3.05) is 20.8 Å². The fourth-order valence-corrected chi connectivity index (χ4v) is 3.49. The van der Waals surface area contributed by atoms with Crippen LogP contribution in [-0.2, 0) is 10.2 Å². The monoisotopic (exact) mass is 359 g/mol. The summed E-state index contributed by atoms with van der Waals surface area (Å²) in [6.45, 7) is 0.202. The minimum absolute atomic E-state index is 0.202. The highest BCUT2D eigenvalue weighted by molar-refractivity contribution is 5.58. The Labute approximate surface area is 159 Å². The SMILES string of the molecule is COc1ccc(OC)c(C(CN=C=O)(c2ccccc2)c2ccccc2)c1. The maximum Gasteiger partial charge on any atom is 0.234 e. The Kier molecular flexibility index (Phi) is 5.70. The fourth-order valence-electron chi connectivity index (χ4n) is 3.49. The van der Waals surface area contributed by atoms with E-state index < -0.39 is 5.41 Å². The summed E-state index contributed by atoms with van der Waals surface area (Å²) in [4.78, 5) is 15.1. The zero-order valence-corrected chi connectivity index (χ0v) is 15.4. The lowest BCUT2D eigenvalue weighted by Crippen LogP contribution is -2.33. The molecule has 0 aromatic heterocycles. The minimum Gasteiger partial charge on any atom is -0.497 e. The molecule has 0 aliphatic carbocycles. The molecule has 0 radical (unpaired) electrons. The molecule has 3 aromatic rings. The second-order valence-electron chi connectivity index (χ2n) is 6.11. The van der Waals surface area contributed by atoms with Crippen molar-refractivity contribution >= 4 is 6.08 Å². The van der Waals surface area contributed by atoms with E-state index in [-0.39, 0.29) is 6.54 Å². The van der Waals surface area contributed by atoms with Gasteiger partial charge in [-0.2, -0.15) is 0 Å². The topological polar surface area (TPSA) is 47.9 Å². The second-order valence-corrected chi connectivity index (χ2v) is 6.11. The van der Waals surface area contributed by atoms with Crippen LogP contribution in [0.4, 0.5) is 0 Å². The Morgan fingerprint density at radius 2 is 1.44 bits per heavy atom. The molecule has 0 bridgehead atoms. The van der Waals surface area contributed by atoms with Gasteiger partial charge in [-0.05, 0) is 29.3 Å². The third-order valence-corrected chi connectivity index (χ3v) is 4.78. The van der Waals surface area contributed by atoms with Crippen LogP contribution in [0.5, 0.6) is 11.5 Å². The summed E-state index contributed by atoms with van der Waals surface area (Å²) in [5.41, 5.74) is 2.16. The van der Waals surface area contributed by atoms with E-state index in [1.807, 2.05) is 78.9 Å². The van der Waals surface area contributed by atoms with E-state index in [4.69, 9.17) is 9.47 Å². The Morgan fingerprint density at radius 3 is 1.93 bits per heavy atom. The molecular weight excluding hydrogens is 338 g/mol. The highest BCUT2D eigenvalue weighted by atomic mass is 16.5. The normalized spacial score (nSPS) is 10.7. The van der Waals surface area contributed by atoms with Gasteiger partial charge < -0.3 is 9.47 Å². The summed E-state index contributed by atoms with van der Waals surface area (Å²) < 4.78 is 11.1. The molecule has 0 aliphatic rings. The average molecular weight is 359 g/mol. The molecule has 136 valence electrons. The van der Waals surface area contributed by atoms with Crippen molar-refractivity contribution in [1.82, 2.24) is 0 Å². The predicted octanol–water partition coefficient (Wildman–Crippen LogP) is 4.37. The summed E-state index contributed by atoms with van der Waals surface area (Å²) >= 11 is 0. The van der Waals surface area contributed by atoms with E-state index in [9.17, 15) is 4.79 Å². The molecule has 0 fully saturated rings. The fraction of sp³-hybridized carbons (Fsp3) is 0.174. The summed E-state index contributed by atoms with van der Waals surface area (Å²) in [5.74, 6) is 1.40. The molecule has 0 atom stereocenters. The summed E-state index contributed by atoms with van der Waals surface area (Å²) in [6, 6.07) is 25.6. The van der Waals surface area contributed by atoms with Crippen molar-refractivity contribution in [2.45, 2.75) is 5.41 Å². The molecule has 0 unspecified atom stereocenters. The molecule has 3 aromatic carbocycles. The van der Waals surface area contributed by atoms with Crippen LogP contribution in [0.1, 0.15) is 16.7 Å². The number of methoxy groups -OCH3 is 2. The molecule has 27 heavy (non-hydrogen) atoms. The van der Waals surface area contributed by atoms with E-state index >= 15 is 0 Å². The molecule has 0 spiro atoms. The number of hydrogen-bond donors (Lipinski definition) is 0. The first-order valence-electron chi connectivity index (χ1n) is 8.63. The van der Waals surface area contributed by atoms with Crippen molar-refractivity contribution in [2.24, 2.45) is 4.99 Å². The maximum absolute atomic E-state index is 11.1. The molecule has 0 amide bonds. The predicted molar refractivity (Wildman–Crippen MR) is 105 cm³/mol. The first-order chi connectivity index (χ1) is 13.3. The van der Waals surface area contributed by atoms with Crippen LogP contribution in [0.3, 0.4) is 0 Å². The molecule has 4 heteroatoms. The van der Waals surface area contributed by atoms with Crippen LogP contribution in [0.2, 0.25) is 0 Å². The highest BCUT2D eigenvalue weighted by Crippen LogP contribution is 2.44. The lowest BCUT2D eigenvalue weighted by atomic mass is 9.69. The van der Waals surface area contributed by atoms with Crippen molar-refractivity contribution < 1.29 is 14.3 Å². The second kappa shape index (κ2) is 8.35. The summed E-state index contributed by atoms with van der Waals surface area (Å²) in [6.07, 6.45) is 1.70. The molecule has 0 N–H and O–H groups in total. The van der Waals surface area contributed by atoms with Crippen molar-refractivity contribution in [3.8, 4) is 11.5 Å². The summed E-state index contributed by atoms with van der Waals surface area (Å²) in [5, 5.41) is 0. The van der Waals surface area contributed by atoms with Crippen molar-refractivity contribution in [3.63, 3.8) is 0 Å². The van der Waals surface area contributed by atoms with Gasteiger partial charge in [0.05, 0.1) is 26.2 Å². The number of rotatable bonds is 7. The average Bonchev–Trinajstić information content (AvgIpc) is 2.75. The van der Waals surface area contributed by atoms with Crippen molar-refractivity contribution in [1.29, 1.82) is 0 Å². The van der Waals surface area contributed by atoms with Crippen LogP contribution in [0.15, 0.2) is 83.9 Å². The molecule has 0 saturated carbocycles. The van der Waals surface area contributed by atoms with Gasteiger partial charge >= 0.3 is 0 Å². The van der Waals surface area contributed by atoms with Gasteiger partial charge in [0, 0.05) is 5.56 Å². The number of benzene rings is 3. The van der Waals surface area contributed by atoms with E-state index in [1.54, 1.807) is 20.3 Å². The minimum atomic E-state index is -0.722. The van der Waals surface area contributed by atoms with Crippen LogP contribution in [0, 0.1) is 0 Å². The zero-order valence-electron chi connectivity index (χ0n) is 15.4. The first kappa shape index (κ1) is 18.4. The Morgan fingerprint density at radius 1 is 0.852 bits per heavy atom. The van der Waals surface area contributed by atoms with Gasteiger partial charge in [-0.1, -0.05) is 60.7 Å². The van der Waals surface area contributed by atoms with Crippen LogP contribution >= 0.6 is 0 Å². The first-order valence-corrected chi connectivity index (χ1v) is 8.63. The van der Waals surface area contributed by atoms with Gasteiger partial charge in [0.25, 0.3) is 0 Å². The molecule has 4 nitrogen and oxygen atoms in total. The number of aliphatic imine (C=N–C) groups is 1. The summed E-state index contributed by atoms with van der Waals surface area (Å²) in [7, 11) is 3.26. The standard InChI is InChI=1S/C23H21NO3/c1-26-20-13-14-22(27-2)21(15-20)23(16-24-17-25,18-9-5-3-6-10-18)19-11-7-4-8-12-19/h3-15H,16H2,1-2H3. The third-order valence-electron chi connectivity index (χ3n) is 4.78. The Hall–Kier alpha value is -3.36. The molecule has 0 aliphatic heterocycles. The number of nitrogens with zero attached hydrogens (tertiary/aromatic N) is 1. The largest absolute Gasteiger partial charge is 0.497 e. The number of isocyanates is 1. The maximum atomic E-state index is 11.1. The number of hydrogen-bond acceptors (Lipinski definition) is 4. The van der Waals surface area contributed by atoms with Crippen LogP contribution in [-0.4, -0.2) is 26.8 Å². The third kappa shape index (κ3) is 3.48. The Bertz CT molecular complexity index is 893. The number of ether oxygens (including phenoxy) is 2. The number of carbonyl (C=O) groups excluding carboxylic acids is 1. The molecule has 0 saturated heterocycles. The quantitative estimate of drug-likeness (QED) is 0.357. The van der Waals surface area contributed by atoms with E-state index in [1.165, 1.54) is 0 Å². The van der Waals surface area contributed by atoms with Crippen LogP contribution < -0.4 is 9.47 Å². The lowest BCUT2D eigenvalue weighted by Gasteiger charge is -2.35. The smallest absolute Gasteiger partial charge is 0.234 e. The Balaban J connectivity index is 2.41. The molecule has 3 rings (SSSR count). The van der Waals surface area contributed by atoms with Gasteiger partial charge in [0.15, 0.2) is 0 Å². The van der Waals surface area contributed by atoms with E-state index in [0.29, 0.717) is 11.5 Å². The van der Waals surface area contributed by atoms with Gasteiger partial charge in [-0.15, -0.1) is 0 Å².